The van der Waals surface area contributed by atoms with Crippen LogP contribution in [0.25, 0.3) is 0 Å². The van der Waals surface area contributed by atoms with Crippen molar-refractivity contribution in [2.24, 2.45) is 0 Å². The first-order valence-corrected chi connectivity index (χ1v) is 7.02. The summed E-state index contributed by atoms with van der Waals surface area (Å²) in [4.78, 5) is 11.9. The number of rotatable bonds is 6. The van der Waals surface area contributed by atoms with Gasteiger partial charge in [0.1, 0.15) is 0 Å². The molecule has 0 saturated heterocycles. The molecule has 0 aliphatic heterocycles. The Morgan fingerprint density at radius 1 is 1.29 bits per heavy atom. The van der Waals surface area contributed by atoms with Crippen LogP contribution in [-0.2, 0) is 6.54 Å². The molecule has 0 aliphatic carbocycles. The van der Waals surface area contributed by atoms with Crippen molar-refractivity contribution in [2.75, 3.05) is 5.73 Å². The minimum Gasteiger partial charge on any atom is -0.397 e. The van der Waals surface area contributed by atoms with Gasteiger partial charge in [-0.15, -0.1) is 0 Å². The predicted octanol–water partition coefficient (Wildman–Crippen LogP) is 3.47. The normalized spacial score (nSPS) is 10.8. The van der Waals surface area contributed by atoms with Crippen molar-refractivity contribution >= 4 is 21.6 Å². The molecule has 0 bridgehead atoms. The van der Waals surface area contributed by atoms with E-state index >= 15 is 0 Å². The van der Waals surface area contributed by atoms with Crippen molar-refractivity contribution in [1.29, 1.82) is 0 Å². The van der Waals surface area contributed by atoms with Crippen LogP contribution in [0.2, 0.25) is 0 Å². The monoisotopic (exact) mass is 300 g/mol. The number of aromatic nitrogens is 1. The van der Waals surface area contributed by atoms with E-state index in [4.69, 9.17) is 5.73 Å². The Hall–Kier alpha value is -0.770. The third-order valence-corrected chi connectivity index (χ3v) is 3.94. The van der Waals surface area contributed by atoms with E-state index in [0.29, 0.717) is 10.2 Å². The molecular formula is C13H21BrN2O. The number of pyridine rings is 1. The quantitative estimate of drug-likeness (QED) is 0.818. The second-order valence-electron chi connectivity index (χ2n) is 4.44. The van der Waals surface area contributed by atoms with Gasteiger partial charge in [0.25, 0.3) is 5.56 Å². The molecule has 4 heteroatoms. The summed E-state index contributed by atoms with van der Waals surface area (Å²) in [6.45, 7) is 4.81. The zero-order valence-corrected chi connectivity index (χ0v) is 12.2. The zero-order chi connectivity index (χ0) is 12.8. The molecule has 1 aromatic heterocycles. The minimum absolute atomic E-state index is 0.0205. The average molecular weight is 301 g/mol. The van der Waals surface area contributed by atoms with Crippen LogP contribution in [0.4, 0.5) is 5.69 Å². The maximum atomic E-state index is 11.9. The van der Waals surface area contributed by atoms with E-state index in [1.165, 1.54) is 25.7 Å². The fraction of sp³-hybridized carbons (Fsp3) is 0.615. The van der Waals surface area contributed by atoms with Crippen molar-refractivity contribution in [2.45, 2.75) is 52.5 Å². The smallest absolute Gasteiger partial charge is 0.265 e. The standard InChI is InChI=1S/C13H21BrN2O/c1-3-4-5-6-7-8-16-9-11(15)10(2)12(14)13(16)17/h9H,3-8,15H2,1-2H3. The number of halogens is 1. The molecule has 1 heterocycles. The summed E-state index contributed by atoms with van der Waals surface area (Å²) in [5.74, 6) is 0. The number of hydrogen-bond acceptors (Lipinski definition) is 2. The molecular weight excluding hydrogens is 280 g/mol. The van der Waals surface area contributed by atoms with Crippen LogP contribution < -0.4 is 11.3 Å². The average Bonchev–Trinajstić information content (AvgIpc) is 2.32. The lowest BCUT2D eigenvalue weighted by molar-refractivity contribution is 0.557. The molecule has 0 saturated carbocycles. The first kappa shape index (κ1) is 14.3. The number of nitrogens with two attached hydrogens (primary N) is 1. The zero-order valence-electron chi connectivity index (χ0n) is 10.6. The van der Waals surface area contributed by atoms with Crippen molar-refractivity contribution in [3.8, 4) is 0 Å². The summed E-state index contributed by atoms with van der Waals surface area (Å²) in [6, 6.07) is 0. The van der Waals surface area contributed by atoms with Gasteiger partial charge in [0.05, 0.1) is 10.2 Å². The molecule has 0 unspecified atom stereocenters. The molecule has 3 nitrogen and oxygen atoms in total. The number of anilines is 1. The SMILES string of the molecule is CCCCCCCn1cc(N)c(C)c(Br)c1=O. The van der Waals surface area contributed by atoms with Crippen molar-refractivity contribution in [1.82, 2.24) is 4.57 Å². The van der Waals surface area contributed by atoms with Gasteiger partial charge in [-0.05, 0) is 34.8 Å². The Labute approximate surface area is 111 Å². The maximum absolute atomic E-state index is 11.9. The lowest BCUT2D eigenvalue weighted by Crippen LogP contribution is -2.22. The molecule has 1 rings (SSSR count). The topological polar surface area (TPSA) is 48.0 Å². The molecule has 96 valence electrons. The Kier molecular flexibility index (Phi) is 5.75. The van der Waals surface area contributed by atoms with E-state index in [1.54, 1.807) is 10.8 Å². The highest BCUT2D eigenvalue weighted by Gasteiger charge is 2.07. The molecule has 0 fully saturated rings. The second kappa shape index (κ2) is 6.84. The van der Waals surface area contributed by atoms with Gasteiger partial charge in [-0.1, -0.05) is 32.6 Å². The van der Waals surface area contributed by atoms with Gasteiger partial charge in [-0.25, -0.2) is 0 Å². The maximum Gasteiger partial charge on any atom is 0.265 e. The molecule has 17 heavy (non-hydrogen) atoms. The van der Waals surface area contributed by atoms with Crippen molar-refractivity contribution in [3.63, 3.8) is 0 Å². The van der Waals surface area contributed by atoms with Crippen molar-refractivity contribution < 1.29 is 0 Å². The first-order valence-electron chi connectivity index (χ1n) is 6.23. The summed E-state index contributed by atoms with van der Waals surface area (Å²) >= 11 is 3.30. The van der Waals surface area contributed by atoms with Crippen LogP contribution in [0.15, 0.2) is 15.5 Å². The lowest BCUT2D eigenvalue weighted by atomic mass is 10.1. The first-order chi connectivity index (χ1) is 8.07. The predicted molar refractivity (Wildman–Crippen MR) is 76.3 cm³/mol. The van der Waals surface area contributed by atoms with E-state index in [0.717, 1.165) is 18.5 Å². The van der Waals surface area contributed by atoms with Crippen LogP contribution in [0.5, 0.6) is 0 Å². The van der Waals surface area contributed by atoms with Crippen LogP contribution >= 0.6 is 15.9 Å². The fourth-order valence-corrected chi connectivity index (χ4v) is 2.25. The summed E-state index contributed by atoms with van der Waals surface area (Å²) in [6.07, 6.45) is 7.72. The Morgan fingerprint density at radius 3 is 2.59 bits per heavy atom. The van der Waals surface area contributed by atoms with Gasteiger partial charge >= 0.3 is 0 Å². The van der Waals surface area contributed by atoms with Crippen LogP contribution in [0.3, 0.4) is 0 Å². The molecule has 2 N–H and O–H groups in total. The summed E-state index contributed by atoms with van der Waals surface area (Å²) in [5, 5.41) is 0. The third kappa shape index (κ3) is 3.87. The van der Waals surface area contributed by atoms with E-state index in [1.807, 2.05) is 6.92 Å². The Bertz CT molecular complexity index is 426. The van der Waals surface area contributed by atoms with E-state index in [9.17, 15) is 4.79 Å². The van der Waals surface area contributed by atoms with Crippen LogP contribution in [0, 0.1) is 6.92 Å². The van der Waals surface area contributed by atoms with Gasteiger partial charge in [0.15, 0.2) is 0 Å². The van der Waals surface area contributed by atoms with E-state index < -0.39 is 0 Å². The van der Waals surface area contributed by atoms with Gasteiger partial charge in [0, 0.05) is 12.7 Å². The minimum atomic E-state index is 0.0205. The van der Waals surface area contributed by atoms with Gasteiger partial charge in [-0.3, -0.25) is 4.79 Å². The van der Waals surface area contributed by atoms with E-state index in [-0.39, 0.29) is 5.56 Å². The van der Waals surface area contributed by atoms with Crippen LogP contribution in [-0.4, -0.2) is 4.57 Å². The lowest BCUT2D eigenvalue weighted by Gasteiger charge is -2.10. The Balaban J connectivity index is 2.63. The summed E-state index contributed by atoms with van der Waals surface area (Å²) < 4.78 is 2.30. The van der Waals surface area contributed by atoms with Gasteiger partial charge in [-0.2, -0.15) is 0 Å². The fourth-order valence-electron chi connectivity index (χ4n) is 1.79. The Morgan fingerprint density at radius 2 is 1.94 bits per heavy atom. The molecule has 0 spiro atoms. The molecule has 1 aromatic rings. The molecule has 0 aromatic carbocycles. The molecule has 0 amide bonds. The molecule has 0 atom stereocenters. The summed E-state index contributed by atoms with van der Waals surface area (Å²) in [5.41, 5.74) is 7.38. The highest BCUT2D eigenvalue weighted by atomic mass is 79.9. The molecule has 0 aliphatic rings. The number of unbranched alkanes of at least 4 members (excludes halogenated alkanes) is 4. The number of hydrogen-bond donors (Lipinski definition) is 1. The van der Waals surface area contributed by atoms with Gasteiger partial charge in [0.2, 0.25) is 0 Å². The highest BCUT2D eigenvalue weighted by Crippen LogP contribution is 2.17. The van der Waals surface area contributed by atoms with Crippen LogP contribution in [0.1, 0.15) is 44.6 Å². The number of nitrogen functional groups attached to an aromatic ring is 1. The highest BCUT2D eigenvalue weighted by molar-refractivity contribution is 9.10. The van der Waals surface area contributed by atoms with Gasteiger partial charge < -0.3 is 10.3 Å². The number of nitrogens with zero attached hydrogens (tertiary/aromatic N) is 1. The van der Waals surface area contributed by atoms with E-state index in [2.05, 4.69) is 22.9 Å². The summed E-state index contributed by atoms with van der Waals surface area (Å²) in [7, 11) is 0. The second-order valence-corrected chi connectivity index (χ2v) is 5.23. The number of aryl methyl sites for hydroxylation is 1. The largest absolute Gasteiger partial charge is 0.397 e. The van der Waals surface area contributed by atoms with Crippen molar-refractivity contribution in [3.05, 3.63) is 26.6 Å². The molecule has 0 radical (unpaired) electrons. The third-order valence-electron chi connectivity index (χ3n) is 3.01.